The van der Waals surface area contributed by atoms with Gasteiger partial charge in [0.05, 0.1) is 6.61 Å². The van der Waals surface area contributed by atoms with Crippen LogP contribution in [-0.2, 0) is 9.53 Å². The van der Waals surface area contributed by atoms with Gasteiger partial charge in [0.15, 0.2) is 5.78 Å². The molecule has 0 N–H and O–H groups in total. The fourth-order valence-electron chi connectivity index (χ4n) is 1.54. The summed E-state index contributed by atoms with van der Waals surface area (Å²) in [6.07, 6.45) is 0.341. The third-order valence-corrected chi connectivity index (χ3v) is 2.40. The Morgan fingerprint density at radius 2 is 2.06 bits per heavy atom. The molecule has 0 aromatic heterocycles. The van der Waals surface area contributed by atoms with Gasteiger partial charge in [0.2, 0.25) is 0 Å². The van der Waals surface area contributed by atoms with Gasteiger partial charge in [-0.3, -0.25) is 9.59 Å². The topological polar surface area (TPSA) is 43.4 Å². The van der Waals surface area contributed by atoms with E-state index in [0.29, 0.717) is 6.42 Å². The molecule has 0 radical (unpaired) electrons. The number of benzene rings is 1. The maximum atomic E-state index is 13.0. The number of carbonyl (C=O) groups excluding carboxylic acids is 2. The molecule has 17 heavy (non-hydrogen) atoms. The Bertz CT molecular complexity index is 415. The van der Waals surface area contributed by atoms with Gasteiger partial charge < -0.3 is 4.74 Å². The van der Waals surface area contributed by atoms with E-state index in [9.17, 15) is 14.0 Å². The van der Waals surface area contributed by atoms with Crippen molar-refractivity contribution in [2.24, 2.45) is 5.92 Å². The van der Waals surface area contributed by atoms with Gasteiger partial charge in [-0.25, -0.2) is 4.39 Å². The Morgan fingerprint density at radius 1 is 1.35 bits per heavy atom. The fraction of sp³-hybridized carbons (Fsp3) is 0.385. The lowest BCUT2D eigenvalue weighted by Gasteiger charge is -2.12. The number of ether oxygens (including phenoxy) is 1. The van der Waals surface area contributed by atoms with Crippen molar-refractivity contribution in [3.8, 4) is 0 Å². The first-order valence-corrected chi connectivity index (χ1v) is 5.56. The van der Waals surface area contributed by atoms with Crippen LogP contribution in [0.2, 0.25) is 0 Å². The zero-order chi connectivity index (χ0) is 12.8. The van der Waals surface area contributed by atoms with Crippen molar-refractivity contribution in [3.05, 3.63) is 35.6 Å². The van der Waals surface area contributed by atoms with Crippen LogP contribution in [-0.4, -0.2) is 18.4 Å². The van der Waals surface area contributed by atoms with Crippen LogP contribution in [0.1, 0.15) is 30.6 Å². The van der Waals surface area contributed by atoms with Crippen LogP contribution in [0.4, 0.5) is 4.39 Å². The number of ketones is 1. The molecule has 92 valence electrons. The molecule has 4 heteroatoms. The van der Waals surface area contributed by atoms with Gasteiger partial charge in [0.25, 0.3) is 0 Å². The monoisotopic (exact) mass is 238 g/mol. The maximum Gasteiger partial charge on any atom is 0.316 e. The van der Waals surface area contributed by atoms with Gasteiger partial charge in [-0.1, -0.05) is 19.1 Å². The second kappa shape index (κ2) is 6.13. The summed E-state index contributed by atoms with van der Waals surface area (Å²) in [6.45, 7) is 3.63. The van der Waals surface area contributed by atoms with Crippen molar-refractivity contribution >= 4 is 11.8 Å². The summed E-state index contributed by atoms with van der Waals surface area (Å²) < 4.78 is 17.8. The van der Waals surface area contributed by atoms with E-state index in [-0.39, 0.29) is 12.2 Å². The quantitative estimate of drug-likeness (QED) is 0.450. The Hall–Kier alpha value is -1.71. The fourth-order valence-corrected chi connectivity index (χ4v) is 1.54. The molecule has 0 fully saturated rings. The van der Waals surface area contributed by atoms with Crippen LogP contribution in [0, 0.1) is 11.7 Å². The summed E-state index contributed by atoms with van der Waals surface area (Å²) in [5, 5.41) is 0. The third kappa shape index (κ3) is 3.37. The zero-order valence-electron chi connectivity index (χ0n) is 9.90. The molecule has 1 unspecified atom stereocenters. The molecule has 1 aromatic rings. The average molecular weight is 238 g/mol. The van der Waals surface area contributed by atoms with Crippen LogP contribution in [0.25, 0.3) is 0 Å². The molecule has 3 nitrogen and oxygen atoms in total. The number of Topliss-reactive ketones (excluding diaryl/α,β-unsaturated/α-hetero) is 1. The van der Waals surface area contributed by atoms with Gasteiger partial charge in [0, 0.05) is 5.56 Å². The summed E-state index contributed by atoms with van der Waals surface area (Å²) >= 11 is 0. The molecule has 0 spiro atoms. The van der Waals surface area contributed by atoms with Crippen LogP contribution in [0.15, 0.2) is 24.3 Å². The first-order chi connectivity index (χ1) is 8.10. The van der Waals surface area contributed by atoms with Crippen LogP contribution < -0.4 is 0 Å². The molecular weight excluding hydrogens is 223 g/mol. The second-order valence-corrected chi connectivity index (χ2v) is 3.59. The highest BCUT2D eigenvalue weighted by molar-refractivity contribution is 6.08. The molecule has 0 saturated heterocycles. The highest BCUT2D eigenvalue weighted by Gasteiger charge is 2.27. The minimum absolute atomic E-state index is 0.199. The van der Waals surface area contributed by atoms with E-state index in [1.165, 1.54) is 18.2 Å². The van der Waals surface area contributed by atoms with E-state index < -0.39 is 23.5 Å². The van der Waals surface area contributed by atoms with E-state index >= 15 is 0 Å². The van der Waals surface area contributed by atoms with E-state index in [4.69, 9.17) is 4.74 Å². The molecule has 0 aliphatic carbocycles. The summed E-state index contributed by atoms with van der Waals surface area (Å²) in [7, 11) is 0. The molecule has 0 heterocycles. The molecule has 1 atom stereocenters. The number of esters is 1. The smallest absolute Gasteiger partial charge is 0.316 e. The lowest BCUT2D eigenvalue weighted by molar-refractivity contribution is -0.146. The highest BCUT2D eigenvalue weighted by atomic mass is 19.1. The van der Waals surface area contributed by atoms with E-state index in [1.807, 2.05) is 0 Å². The molecule has 0 amide bonds. The molecule has 0 saturated carbocycles. The molecule has 1 aromatic carbocycles. The lowest BCUT2D eigenvalue weighted by atomic mass is 9.95. The predicted molar refractivity (Wildman–Crippen MR) is 61.1 cm³/mol. The number of hydrogen-bond donors (Lipinski definition) is 0. The molecule has 0 aliphatic heterocycles. The van der Waals surface area contributed by atoms with Gasteiger partial charge in [-0.15, -0.1) is 0 Å². The number of rotatable bonds is 5. The molecular formula is C13H15FO3. The Kier molecular flexibility index (Phi) is 4.82. The van der Waals surface area contributed by atoms with Crippen molar-refractivity contribution in [1.82, 2.24) is 0 Å². The summed E-state index contributed by atoms with van der Waals surface area (Å²) in [6, 6.07) is 5.32. The molecule has 1 rings (SSSR count). The van der Waals surface area contributed by atoms with Crippen molar-refractivity contribution in [3.63, 3.8) is 0 Å². The van der Waals surface area contributed by atoms with Crippen LogP contribution in [0.3, 0.4) is 0 Å². The van der Waals surface area contributed by atoms with Gasteiger partial charge in [-0.2, -0.15) is 0 Å². The zero-order valence-corrected chi connectivity index (χ0v) is 9.90. The Balaban J connectivity index is 2.90. The van der Waals surface area contributed by atoms with Crippen LogP contribution >= 0.6 is 0 Å². The first-order valence-electron chi connectivity index (χ1n) is 5.56. The predicted octanol–water partition coefficient (Wildman–Crippen LogP) is 2.60. The van der Waals surface area contributed by atoms with E-state index in [2.05, 4.69) is 0 Å². The second-order valence-electron chi connectivity index (χ2n) is 3.59. The maximum absolute atomic E-state index is 13.0. The first kappa shape index (κ1) is 13.4. The highest BCUT2D eigenvalue weighted by Crippen LogP contribution is 2.15. The average Bonchev–Trinajstić information content (AvgIpc) is 2.30. The Morgan fingerprint density at radius 3 is 2.59 bits per heavy atom. The van der Waals surface area contributed by atoms with Crippen molar-refractivity contribution in [2.45, 2.75) is 20.3 Å². The number of halogens is 1. The number of hydrogen-bond acceptors (Lipinski definition) is 3. The summed E-state index contributed by atoms with van der Waals surface area (Å²) in [5.41, 5.74) is 0.199. The molecule has 0 aliphatic rings. The summed E-state index contributed by atoms with van der Waals surface area (Å²) in [4.78, 5) is 23.5. The minimum atomic E-state index is -0.850. The van der Waals surface area contributed by atoms with Crippen LogP contribution in [0.5, 0.6) is 0 Å². The largest absolute Gasteiger partial charge is 0.465 e. The standard InChI is InChI=1S/C13H15FO3/c1-3-11(13(16)17-4-2)12(15)9-6-5-7-10(14)8-9/h5-8,11H,3-4H2,1-2H3. The lowest BCUT2D eigenvalue weighted by Crippen LogP contribution is -2.25. The third-order valence-electron chi connectivity index (χ3n) is 2.40. The van der Waals surface area contributed by atoms with E-state index in [1.54, 1.807) is 13.8 Å². The van der Waals surface area contributed by atoms with Gasteiger partial charge in [-0.05, 0) is 25.5 Å². The minimum Gasteiger partial charge on any atom is -0.465 e. The Labute approximate surface area is 99.6 Å². The normalized spacial score (nSPS) is 11.9. The van der Waals surface area contributed by atoms with Gasteiger partial charge >= 0.3 is 5.97 Å². The van der Waals surface area contributed by atoms with Crippen molar-refractivity contribution in [2.75, 3.05) is 6.61 Å². The van der Waals surface area contributed by atoms with Gasteiger partial charge in [0.1, 0.15) is 11.7 Å². The van der Waals surface area contributed by atoms with Crippen molar-refractivity contribution in [1.29, 1.82) is 0 Å². The SMILES string of the molecule is CCOC(=O)C(CC)C(=O)c1cccc(F)c1. The van der Waals surface area contributed by atoms with E-state index in [0.717, 1.165) is 6.07 Å². The van der Waals surface area contributed by atoms with Crippen molar-refractivity contribution < 1.29 is 18.7 Å². The number of carbonyl (C=O) groups is 2. The molecule has 0 bridgehead atoms. The summed E-state index contributed by atoms with van der Waals surface area (Å²) in [5.74, 6) is -2.29.